The van der Waals surface area contributed by atoms with Crippen molar-refractivity contribution in [3.05, 3.63) is 63.6 Å². The molecule has 37 heavy (non-hydrogen) atoms. The zero-order chi connectivity index (χ0) is 26.3. The minimum Gasteiger partial charge on any atom is -0.478 e. The van der Waals surface area contributed by atoms with Crippen LogP contribution in [0.2, 0.25) is 10.0 Å². The van der Waals surface area contributed by atoms with Crippen molar-refractivity contribution in [2.24, 2.45) is 17.8 Å². The Morgan fingerprint density at radius 3 is 2.03 bits per heavy atom. The quantitative estimate of drug-likeness (QED) is 0.260. The van der Waals surface area contributed by atoms with Gasteiger partial charge < -0.3 is 14.7 Å². The van der Waals surface area contributed by atoms with Gasteiger partial charge in [-0.05, 0) is 98.2 Å². The molecule has 4 bridgehead atoms. The second kappa shape index (κ2) is 10.1. The summed E-state index contributed by atoms with van der Waals surface area (Å²) in [4.78, 5) is 51.6. The third-order valence-electron chi connectivity index (χ3n) is 7.88. The van der Waals surface area contributed by atoms with Gasteiger partial charge in [-0.25, -0.2) is 9.59 Å². The fourth-order valence-electron chi connectivity index (χ4n) is 6.64. The van der Waals surface area contributed by atoms with Crippen LogP contribution in [0.4, 0.5) is 5.69 Å². The zero-order valence-corrected chi connectivity index (χ0v) is 21.6. The maximum atomic E-state index is 13.3. The van der Waals surface area contributed by atoms with E-state index in [0.29, 0.717) is 39.0 Å². The monoisotopic (exact) mass is 543 g/mol. The van der Waals surface area contributed by atoms with Crippen LogP contribution in [0.15, 0.2) is 42.5 Å². The average Bonchev–Trinajstić information content (AvgIpc) is 2.83. The molecule has 7 nitrogen and oxygen atoms in total. The Morgan fingerprint density at radius 2 is 1.49 bits per heavy atom. The molecule has 4 saturated carbocycles. The normalized spacial score (nSPS) is 25.5. The summed E-state index contributed by atoms with van der Waals surface area (Å²) in [6.07, 6.45) is 5.25. The number of carboxylic acids is 1. The maximum absolute atomic E-state index is 13.3. The Kier molecular flexibility index (Phi) is 7.03. The number of benzene rings is 2. The van der Waals surface area contributed by atoms with E-state index < -0.39 is 35.7 Å². The third kappa shape index (κ3) is 5.53. The molecule has 9 heteroatoms. The number of amides is 1. The number of ketones is 1. The second-order valence-corrected chi connectivity index (χ2v) is 11.5. The first kappa shape index (κ1) is 25.7. The van der Waals surface area contributed by atoms with Crippen LogP contribution in [0, 0.1) is 17.8 Å². The number of carboxylic acid groups (broad SMARTS) is 1. The number of carbonyl (C=O) groups is 4. The number of anilines is 1. The van der Waals surface area contributed by atoms with Gasteiger partial charge in [0.15, 0.2) is 0 Å². The van der Waals surface area contributed by atoms with Crippen molar-refractivity contribution >= 4 is 52.5 Å². The summed E-state index contributed by atoms with van der Waals surface area (Å²) in [5, 5.41) is 9.87. The molecule has 2 aromatic carbocycles. The lowest BCUT2D eigenvalue weighted by molar-refractivity contribution is -0.188. The molecule has 0 heterocycles. The predicted octanol–water partition coefficient (Wildman–Crippen LogP) is 5.70. The number of aromatic carboxylic acids is 1. The molecule has 0 unspecified atom stereocenters. The predicted molar refractivity (Wildman–Crippen MR) is 138 cm³/mol. The number of rotatable bonds is 8. The van der Waals surface area contributed by atoms with Gasteiger partial charge >= 0.3 is 11.9 Å². The van der Waals surface area contributed by atoms with Gasteiger partial charge in [-0.3, -0.25) is 9.59 Å². The first-order chi connectivity index (χ1) is 17.6. The highest BCUT2D eigenvalue weighted by atomic mass is 35.5. The van der Waals surface area contributed by atoms with Crippen LogP contribution in [0.25, 0.3) is 0 Å². The van der Waals surface area contributed by atoms with E-state index in [1.807, 2.05) is 0 Å². The van der Waals surface area contributed by atoms with E-state index in [9.17, 15) is 24.3 Å². The smallest absolute Gasteiger partial charge is 0.375 e. The largest absolute Gasteiger partial charge is 0.478 e. The number of esters is 1. The van der Waals surface area contributed by atoms with Gasteiger partial charge in [0, 0.05) is 5.69 Å². The van der Waals surface area contributed by atoms with Gasteiger partial charge in [0.25, 0.3) is 0 Å². The Bertz CT molecular complexity index is 1220. The molecule has 0 saturated heterocycles. The summed E-state index contributed by atoms with van der Waals surface area (Å²) in [6, 6.07) is 10.6. The number of hydrogen-bond donors (Lipinski definition) is 1. The van der Waals surface area contributed by atoms with Gasteiger partial charge in [-0.1, -0.05) is 29.3 Å². The van der Waals surface area contributed by atoms with Crippen LogP contribution in [0.1, 0.15) is 60.9 Å². The van der Waals surface area contributed by atoms with E-state index in [2.05, 4.69) is 0 Å². The summed E-state index contributed by atoms with van der Waals surface area (Å²) in [7, 11) is 0. The van der Waals surface area contributed by atoms with Crippen molar-refractivity contribution in [2.45, 2.75) is 57.1 Å². The van der Waals surface area contributed by atoms with Crippen molar-refractivity contribution in [3.63, 3.8) is 0 Å². The Morgan fingerprint density at radius 1 is 0.892 bits per heavy atom. The van der Waals surface area contributed by atoms with Gasteiger partial charge in [0.1, 0.15) is 5.60 Å². The minimum absolute atomic E-state index is 0.0411. The Hall–Kier alpha value is -2.90. The molecule has 1 amide bonds. The highest BCUT2D eigenvalue weighted by molar-refractivity contribution is 6.42. The van der Waals surface area contributed by atoms with E-state index >= 15 is 0 Å². The Balaban J connectivity index is 1.31. The summed E-state index contributed by atoms with van der Waals surface area (Å²) >= 11 is 12.1. The van der Waals surface area contributed by atoms with Crippen molar-refractivity contribution in [3.8, 4) is 0 Å². The number of hydrogen-bond acceptors (Lipinski definition) is 5. The lowest BCUT2D eigenvalue weighted by atomic mass is 9.54. The first-order valence-corrected chi connectivity index (χ1v) is 13.2. The van der Waals surface area contributed by atoms with Crippen molar-refractivity contribution in [1.82, 2.24) is 0 Å². The number of halogens is 2. The van der Waals surface area contributed by atoms with E-state index in [0.717, 1.165) is 19.3 Å². The molecule has 0 spiro atoms. The van der Waals surface area contributed by atoms with Crippen molar-refractivity contribution in [2.75, 3.05) is 4.90 Å². The SMILES string of the molecule is O=C(CC(=O)N(Cc1ccc(Cl)c(Cl)c1)c1ccc(C(=O)O)cc1)C(=O)OC12CC3CC(CC(C3)C1)C2. The molecule has 0 aliphatic heterocycles. The maximum Gasteiger partial charge on any atom is 0.375 e. The lowest BCUT2D eigenvalue weighted by Gasteiger charge is -2.55. The molecule has 0 atom stereocenters. The van der Waals surface area contributed by atoms with Gasteiger partial charge in [0.2, 0.25) is 11.7 Å². The van der Waals surface area contributed by atoms with E-state index in [4.69, 9.17) is 27.9 Å². The van der Waals surface area contributed by atoms with Gasteiger partial charge in [-0.15, -0.1) is 0 Å². The molecule has 4 fully saturated rings. The highest BCUT2D eigenvalue weighted by Gasteiger charge is 2.53. The molecule has 0 aromatic heterocycles. The molecular formula is C28H27Cl2NO6. The molecule has 4 aliphatic carbocycles. The Labute approximate surface area is 224 Å². The van der Waals surface area contributed by atoms with Crippen LogP contribution in [-0.4, -0.2) is 34.3 Å². The number of ether oxygens (including phenoxy) is 1. The molecule has 194 valence electrons. The standard InChI is InChI=1S/C28H27Cl2NO6/c29-22-6-1-16(10-23(22)30)15-31(21-4-2-20(3-5-21)26(34)35)25(33)11-24(32)27(36)37-28-12-17-7-18(13-28)9-19(8-17)14-28/h1-6,10,17-19H,7-9,11-15H2,(H,34,35). The van der Waals surface area contributed by atoms with Gasteiger partial charge in [-0.2, -0.15) is 0 Å². The number of Topliss-reactive ketones (excluding diaryl/α,β-unsaturated/α-hetero) is 1. The van der Waals surface area contributed by atoms with E-state index in [1.165, 1.54) is 48.4 Å². The fourth-order valence-corrected chi connectivity index (χ4v) is 6.96. The second-order valence-electron chi connectivity index (χ2n) is 10.7. The van der Waals surface area contributed by atoms with Gasteiger partial charge in [0.05, 0.1) is 28.6 Å². The molecule has 4 aliphatic rings. The first-order valence-electron chi connectivity index (χ1n) is 12.4. The average molecular weight is 544 g/mol. The molecule has 0 radical (unpaired) electrons. The van der Waals surface area contributed by atoms with Crippen LogP contribution >= 0.6 is 23.2 Å². The van der Waals surface area contributed by atoms with E-state index in [-0.39, 0.29) is 12.1 Å². The van der Waals surface area contributed by atoms with Crippen LogP contribution in [0.5, 0.6) is 0 Å². The third-order valence-corrected chi connectivity index (χ3v) is 8.62. The zero-order valence-electron chi connectivity index (χ0n) is 20.1. The lowest BCUT2D eigenvalue weighted by Crippen LogP contribution is -2.53. The van der Waals surface area contributed by atoms with Crippen LogP contribution in [0.3, 0.4) is 0 Å². The summed E-state index contributed by atoms with van der Waals surface area (Å²) in [5.41, 5.74) is 0.509. The number of nitrogens with zero attached hydrogens (tertiary/aromatic N) is 1. The van der Waals surface area contributed by atoms with Crippen LogP contribution in [-0.2, 0) is 25.7 Å². The topological polar surface area (TPSA) is 101 Å². The summed E-state index contributed by atoms with van der Waals surface area (Å²) in [6.45, 7) is 0.0411. The summed E-state index contributed by atoms with van der Waals surface area (Å²) < 4.78 is 5.83. The highest BCUT2D eigenvalue weighted by Crippen LogP contribution is 2.57. The fraction of sp³-hybridized carbons (Fsp3) is 0.429. The van der Waals surface area contributed by atoms with Crippen molar-refractivity contribution in [1.29, 1.82) is 0 Å². The number of carbonyl (C=O) groups excluding carboxylic acids is 3. The molecule has 2 aromatic rings. The molecule has 1 N–H and O–H groups in total. The minimum atomic E-state index is -1.10. The molecule has 6 rings (SSSR count). The van der Waals surface area contributed by atoms with Crippen molar-refractivity contribution < 1.29 is 29.0 Å². The van der Waals surface area contributed by atoms with E-state index in [1.54, 1.807) is 18.2 Å². The summed E-state index contributed by atoms with van der Waals surface area (Å²) in [5.74, 6) is -1.91. The van der Waals surface area contributed by atoms with Crippen LogP contribution < -0.4 is 4.90 Å². The molecular weight excluding hydrogens is 517 g/mol.